The number of benzene rings is 2. The summed E-state index contributed by atoms with van der Waals surface area (Å²) in [5.41, 5.74) is 2.81. The second kappa shape index (κ2) is 3.84. The normalized spacial score (nSPS) is 11.0. The summed E-state index contributed by atoms with van der Waals surface area (Å²) in [5.74, 6) is -0.360. The molecule has 0 bridgehead atoms. The molecule has 1 heterocycles. The van der Waals surface area contributed by atoms with Gasteiger partial charge in [0.15, 0.2) is 0 Å². The Labute approximate surface area is 103 Å². The monoisotopic (exact) mass is 242 g/mol. The molecule has 3 rings (SSSR count). The molecular weight excluding hydrogens is 231 g/mol. The van der Waals surface area contributed by atoms with Gasteiger partial charge in [0.05, 0.1) is 16.7 Å². The van der Waals surface area contributed by atoms with Gasteiger partial charge in [0.25, 0.3) is 0 Å². The van der Waals surface area contributed by atoms with E-state index in [1.807, 2.05) is 25.1 Å². The lowest BCUT2D eigenvalue weighted by atomic mass is 10.2. The molecule has 1 aromatic heterocycles. The third-order valence-electron chi connectivity index (χ3n) is 2.91. The van der Waals surface area contributed by atoms with Crippen LogP contribution in [0.5, 0.6) is 0 Å². The average Bonchev–Trinajstić information content (AvgIpc) is 2.64. The van der Waals surface area contributed by atoms with Crippen LogP contribution >= 0.6 is 0 Å². The number of fused-ring (bicyclic) bond motifs is 1. The molecule has 18 heavy (non-hydrogen) atoms. The van der Waals surface area contributed by atoms with Crippen LogP contribution in [-0.4, -0.2) is 9.55 Å². The van der Waals surface area contributed by atoms with Crippen molar-refractivity contribution in [1.82, 2.24) is 9.55 Å². The van der Waals surface area contributed by atoms with E-state index < -0.39 is 0 Å². The SMILES string of the molecule is Cc1ccc2[nH]c(=O)n(-c3cccc(F)c3)c2c1. The van der Waals surface area contributed by atoms with Gasteiger partial charge in [0.2, 0.25) is 0 Å². The molecular formula is C14H11FN2O. The van der Waals surface area contributed by atoms with E-state index in [9.17, 15) is 9.18 Å². The fraction of sp³-hybridized carbons (Fsp3) is 0.0714. The first-order valence-corrected chi connectivity index (χ1v) is 5.62. The van der Waals surface area contributed by atoms with Crippen molar-refractivity contribution in [3.8, 4) is 5.69 Å². The number of hydrogen-bond acceptors (Lipinski definition) is 1. The minimum atomic E-state index is -0.360. The van der Waals surface area contributed by atoms with Gasteiger partial charge in [-0.15, -0.1) is 0 Å². The summed E-state index contributed by atoms with van der Waals surface area (Å²) in [5, 5.41) is 0. The van der Waals surface area contributed by atoms with E-state index in [1.165, 1.54) is 16.7 Å². The smallest absolute Gasteiger partial charge is 0.305 e. The highest BCUT2D eigenvalue weighted by atomic mass is 19.1. The van der Waals surface area contributed by atoms with Gasteiger partial charge in [-0.3, -0.25) is 4.57 Å². The van der Waals surface area contributed by atoms with Gasteiger partial charge in [0, 0.05) is 0 Å². The van der Waals surface area contributed by atoms with E-state index in [-0.39, 0.29) is 11.5 Å². The minimum absolute atomic E-state index is 0.263. The Morgan fingerprint density at radius 1 is 1.17 bits per heavy atom. The molecule has 0 fully saturated rings. The first kappa shape index (κ1) is 10.8. The van der Waals surface area contributed by atoms with Crippen LogP contribution in [0.1, 0.15) is 5.56 Å². The van der Waals surface area contributed by atoms with Crippen molar-refractivity contribution >= 4 is 11.0 Å². The number of rotatable bonds is 1. The molecule has 0 radical (unpaired) electrons. The number of aromatic nitrogens is 2. The van der Waals surface area contributed by atoms with Crippen molar-refractivity contribution in [2.45, 2.75) is 6.92 Å². The number of nitrogens with one attached hydrogen (secondary N) is 1. The number of H-pyrrole nitrogens is 1. The van der Waals surface area contributed by atoms with Crippen LogP contribution < -0.4 is 5.69 Å². The van der Waals surface area contributed by atoms with E-state index in [2.05, 4.69) is 4.98 Å². The van der Waals surface area contributed by atoms with Crippen molar-refractivity contribution in [1.29, 1.82) is 0 Å². The van der Waals surface area contributed by atoms with Crippen LogP contribution in [0.25, 0.3) is 16.7 Å². The maximum atomic E-state index is 13.2. The summed E-state index contributed by atoms with van der Waals surface area (Å²) in [6.07, 6.45) is 0. The summed E-state index contributed by atoms with van der Waals surface area (Å²) in [7, 11) is 0. The number of halogens is 1. The number of hydrogen-bond donors (Lipinski definition) is 1. The van der Waals surface area contributed by atoms with Crippen LogP contribution in [-0.2, 0) is 0 Å². The Morgan fingerprint density at radius 3 is 2.78 bits per heavy atom. The Balaban J connectivity index is 2.38. The van der Waals surface area contributed by atoms with Gasteiger partial charge < -0.3 is 4.98 Å². The predicted octanol–water partition coefficient (Wildman–Crippen LogP) is 2.77. The summed E-state index contributed by atoms with van der Waals surface area (Å²) >= 11 is 0. The Morgan fingerprint density at radius 2 is 2.00 bits per heavy atom. The summed E-state index contributed by atoms with van der Waals surface area (Å²) in [6.45, 7) is 1.95. The maximum Gasteiger partial charge on any atom is 0.331 e. The minimum Gasteiger partial charge on any atom is -0.305 e. The number of imidazole rings is 1. The lowest BCUT2D eigenvalue weighted by Crippen LogP contribution is -2.14. The third kappa shape index (κ3) is 1.62. The standard InChI is InChI=1S/C14H11FN2O/c1-9-5-6-12-13(7-9)17(14(18)16-12)11-4-2-3-10(15)8-11/h2-8H,1H3,(H,16,18). The van der Waals surface area contributed by atoms with Crippen molar-refractivity contribution in [3.63, 3.8) is 0 Å². The molecule has 0 amide bonds. The van der Waals surface area contributed by atoms with Gasteiger partial charge in [-0.25, -0.2) is 9.18 Å². The van der Waals surface area contributed by atoms with Crippen LogP contribution in [0.4, 0.5) is 4.39 Å². The van der Waals surface area contributed by atoms with Crippen LogP contribution in [0.2, 0.25) is 0 Å². The molecule has 0 saturated heterocycles. The fourth-order valence-electron chi connectivity index (χ4n) is 2.08. The highest BCUT2D eigenvalue weighted by Gasteiger charge is 2.09. The largest absolute Gasteiger partial charge is 0.331 e. The second-order valence-electron chi connectivity index (χ2n) is 4.27. The summed E-state index contributed by atoms with van der Waals surface area (Å²) in [6, 6.07) is 11.7. The van der Waals surface area contributed by atoms with Crippen molar-refractivity contribution in [3.05, 3.63) is 64.3 Å². The molecule has 2 aromatic carbocycles. The van der Waals surface area contributed by atoms with Crippen molar-refractivity contribution < 1.29 is 4.39 Å². The number of aryl methyl sites for hydroxylation is 1. The van der Waals surface area contributed by atoms with Crippen LogP contribution in [0, 0.1) is 12.7 Å². The molecule has 4 heteroatoms. The molecule has 0 aliphatic carbocycles. The molecule has 0 unspecified atom stereocenters. The quantitative estimate of drug-likeness (QED) is 0.700. The molecule has 3 nitrogen and oxygen atoms in total. The Kier molecular flexibility index (Phi) is 2.30. The highest BCUT2D eigenvalue weighted by Crippen LogP contribution is 2.17. The zero-order valence-electron chi connectivity index (χ0n) is 9.77. The van der Waals surface area contributed by atoms with Gasteiger partial charge in [0.1, 0.15) is 5.82 Å². The van der Waals surface area contributed by atoms with E-state index in [4.69, 9.17) is 0 Å². The predicted molar refractivity (Wildman–Crippen MR) is 68.6 cm³/mol. The molecule has 1 N–H and O–H groups in total. The number of aromatic amines is 1. The molecule has 3 aromatic rings. The Bertz CT molecular complexity index is 786. The lowest BCUT2D eigenvalue weighted by Gasteiger charge is -2.03. The highest BCUT2D eigenvalue weighted by molar-refractivity contribution is 5.78. The van der Waals surface area contributed by atoms with Gasteiger partial charge >= 0.3 is 5.69 Å². The molecule has 90 valence electrons. The third-order valence-corrected chi connectivity index (χ3v) is 2.91. The van der Waals surface area contributed by atoms with Crippen LogP contribution in [0.3, 0.4) is 0 Å². The zero-order chi connectivity index (χ0) is 12.7. The summed E-state index contributed by atoms with van der Waals surface area (Å²) < 4.78 is 14.7. The van der Waals surface area contributed by atoms with E-state index in [0.29, 0.717) is 5.69 Å². The fourth-order valence-corrected chi connectivity index (χ4v) is 2.08. The Hall–Kier alpha value is -2.36. The van der Waals surface area contributed by atoms with Gasteiger partial charge in [-0.1, -0.05) is 12.1 Å². The molecule has 0 spiro atoms. The first-order valence-electron chi connectivity index (χ1n) is 5.62. The lowest BCUT2D eigenvalue weighted by molar-refractivity contribution is 0.626. The summed E-state index contributed by atoms with van der Waals surface area (Å²) in [4.78, 5) is 14.7. The first-order chi connectivity index (χ1) is 8.65. The van der Waals surface area contributed by atoms with Crippen LogP contribution in [0.15, 0.2) is 47.3 Å². The zero-order valence-corrected chi connectivity index (χ0v) is 9.77. The second-order valence-corrected chi connectivity index (χ2v) is 4.27. The van der Waals surface area contributed by atoms with Gasteiger partial charge in [-0.05, 0) is 42.8 Å². The molecule has 0 saturated carbocycles. The molecule has 0 aliphatic rings. The average molecular weight is 242 g/mol. The van der Waals surface area contributed by atoms with E-state index in [1.54, 1.807) is 12.1 Å². The number of nitrogens with zero attached hydrogens (tertiary/aromatic N) is 1. The van der Waals surface area contributed by atoms with Crippen molar-refractivity contribution in [2.75, 3.05) is 0 Å². The van der Waals surface area contributed by atoms with E-state index in [0.717, 1.165) is 16.6 Å². The maximum absolute atomic E-state index is 13.2. The molecule has 0 aliphatic heterocycles. The van der Waals surface area contributed by atoms with Gasteiger partial charge in [-0.2, -0.15) is 0 Å². The topological polar surface area (TPSA) is 37.8 Å². The van der Waals surface area contributed by atoms with E-state index >= 15 is 0 Å². The van der Waals surface area contributed by atoms with Crippen molar-refractivity contribution in [2.24, 2.45) is 0 Å². The molecule has 0 atom stereocenters.